The third kappa shape index (κ3) is 4.00. The quantitative estimate of drug-likeness (QED) is 0.714. The summed E-state index contributed by atoms with van der Waals surface area (Å²) in [7, 11) is 0. The van der Waals surface area contributed by atoms with Crippen LogP contribution in [0.1, 0.15) is 11.1 Å². The summed E-state index contributed by atoms with van der Waals surface area (Å²) in [5.41, 5.74) is 2.38. The molecule has 6 heteroatoms. The summed E-state index contributed by atoms with van der Waals surface area (Å²) in [4.78, 5) is 23.5. The third-order valence-corrected chi connectivity index (χ3v) is 3.99. The summed E-state index contributed by atoms with van der Waals surface area (Å²) in [6.45, 7) is 3.53. The minimum absolute atomic E-state index is 0.163. The number of anilines is 1. The normalized spacial score (nSPS) is 10.7. The van der Waals surface area contributed by atoms with Crippen LogP contribution in [0.4, 0.5) is 5.69 Å². The summed E-state index contributed by atoms with van der Waals surface area (Å²) in [6.07, 6.45) is 0. The first kappa shape index (κ1) is 17.0. The van der Waals surface area contributed by atoms with Gasteiger partial charge in [0.05, 0.1) is 0 Å². The van der Waals surface area contributed by atoms with Crippen molar-refractivity contribution in [2.75, 3.05) is 11.9 Å². The van der Waals surface area contributed by atoms with Gasteiger partial charge in [-0.05, 0) is 55.3 Å². The molecule has 0 saturated carbocycles. The lowest BCUT2D eigenvalue weighted by Gasteiger charge is -2.10. The molecule has 0 aliphatic heterocycles. The van der Waals surface area contributed by atoms with E-state index < -0.39 is 5.63 Å². The molecule has 0 saturated heterocycles. The number of aryl methyl sites for hydroxylation is 2. The lowest BCUT2D eigenvalue weighted by atomic mass is 10.1. The van der Waals surface area contributed by atoms with E-state index >= 15 is 0 Å². The summed E-state index contributed by atoms with van der Waals surface area (Å²) >= 11 is 5.90. The molecule has 0 fully saturated rings. The third-order valence-electron chi connectivity index (χ3n) is 3.76. The number of hydrogen-bond donors (Lipinski definition) is 1. The molecule has 2 aromatic carbocycles. The van der Waals surface area contributed by atoms with Gasteiger partial charge < -0.3 is 14.5 Å². The Labute approximate surface area is 149 Å². The Morgan fingerprint density at radius 1 is 1.12 bits per heavy atom. The molecule has 1 aromatic heterocycles. The van der Waals surface area contributed by atoms with Gasteiger partial charge in [0.15, 0.2) is 6.61 Å². The molecule has 0 aliphatic carbocycles. The molecule has 0 spiro atoms. The molecule has 128 valence electrons. The zero-order valence-electron chi connectivity index (χ0n) is 13.8. The van der Waals surface area contributed by atoms with Crippen LogP contribution in [0, 0.1) is 13.8 Å². The van der Waals surface area contributed by atoms with E-state index in [2.05, 4.69) is 5.32 Å². The fourth-order valence-electron chi connectivity index (χ4n) is 2.50. The van der Waals surface area contributed by atoms with Crippen molar-refractivity contribution in [3.8, 4) is 5.75 Å². The number of benzene rings is 2. The number of rotatable bonds is 4. The van der Waals surface area contributed by atoms with Crippen LogP contribution in [0.15, 0.2) is 51.7 Å². The van der Waals surface area contributed by atoms with E-state index in [1.807, 2.05) is 13.8 Å². The highest BCUT2D eigenvalue weighted by molar-refractivity contribution is 6.30. The first-order chi connectivity index (χ1) is 11.9. The van der Waals surface area contributed by atoms with Crippen LogP contribution in [0.5, 0.6) is 5.75 Å². The first-order valence-corrected chi connectivity index (χ1v) is 8.03. The Hall–Kier alpha value is -2.79. The van der Waals surface area contributed by atoms with Crippen molar-refractivity contribution in [1.82, 2.24) is 0 Å². The van der Waals surface area contributed by atoms with E-state index in [-0.39, 0.29) is 12.5 Å². The number of carbonyl (C=O) groups excluding carboxylic acids is 1. The molecule has 0 unspecified atom stereocenters. The minimum atomic E-state index is -0.418. The van der Waals surface area contributed by atoms with Crippen molar-refractivity contribution in [2.24, 2.45) is 0 Å². The molecule has 0 bridgehead atoms. The van der Waals surface area contributed by atoms with E-state index in [0.717, 1.165) is 16.5 Å². The van der Waals surface area contributed by atoms with Crippen LogP contribution < -0.4 is 15.7 Å². The molecule has 1 heterocycles. The fraction of sp³-hybridized carbons (Fsp3) is 0.158. The molecule has 0 atom stereocenters. The van der Waals surface area contributed by atoms with Gasteiger partial charge in [0, 0.05) is 28.2 Å². The highest BCUT2D eigenvalue weighted by atomic mass is 35.5. The molecule has 0 radical (unpaired) electrons. The summed E-state index contributed by atoms with van der Waals surface area (Å²) in [5, 5.41) is 4.20. The van der Waals surface area contributed by atoms with Crippen molar-refractivity contribution in [1.29, 1.82) is 0 Å². The average molecular weight is 358 g/mol. The van der Waals surface area contributed by atoms with Crippen LogP contribution in [0.25, 0.3) is 11.0 Å². The van der Waals surface area contributed by atoms with Crippen LogP contribution in [0.2, 0.25) is 5.02 Å². The van der Waals surface area contributed by atoms with Gasteiger partial charge in [-0.2, -0.15) is 0 Å². The molecule has 1 amide bonds. The van der Waals surface area contributed by atoms with Crippen LogP contribution >= 0.6 is 11.6 Å². The number of fused-ring (bicyclic) bond motifs is 1. The van der Waals surface area contributed by atoms with Gasteiger partial charge in [0.2, 0.25) is 0 Å². The Bertz CT molecular complexity index is 1010. The maximum Gasteiger partial charge on any atom is 0.336 e. The molecule has 3 rings (SSSR count). The number of ether oxygens (including phenoxy) is 1. The predicted octanol–water partition coefficient (Wildman–Crippen LogP) is 4.08. The molecule has 1 N–H and O–H groups in total. The van der Waals surface area contributed by atoms with Crippen molar-refractivity contribution in [2.45, 2.75) is 13.8 Å². The highest BCUT2D eigenvalue weighted by Gasteiger charge is 2.08. The van der Waals surface area contributed by atoms with Gasteiger partial charge >= 0.3 is 5.63 Å². The van der Waals surface area contributed by atoms with Gasteiger partial charge in [-0.1, -0.05) is 11.6 Å². The van der Waals surface area contributed by atoms with Crippen molar-refractivity contribution < 1.29 is 13.9 Å². The van der Waals surface area contributed by atoms with E-state index in [4.69, 9.17) is 20.8 Å². The van der Waals surface area contributed by atoms with Gasteiger partial charge in [-0.15, -0.1) is 0 Å². The molecule has 25 heavy (non-hydrogen) atoms. The molecule has 3 aromatic rings. The second-order valence-corrected chi connectivity index (χ2v) is 6.14. The van der Waals surface area contributed by atoms with Crippen LogP contribution in [-0.4, -0.2) is 12.5 Å². The molecular weight excluding hydrogens is 342 g/mol. The lowest BCUT2D eigenvalue weighted by molar-refractivity contribution is -0.118. The minimum Gasteiger partial charge on any atom is -0.484 e. The SMILES string of the molecule is Cc1cc(Cl)ccc1NC(=O)COc1ccc2c(C)cc(=O)oc2c1. The molecule has 5 nitrogen and oxygen atoms in total. The molecule has 0 aliphatic rings. The lowest BCUT2D eigenvalue weighted by Crippen LogP contribution is -2.20. The zero-order chi connectivity index (χ0) is 18.0. The Morgan fingerprint density at radius 3 is 2.68 bits per heavy atom. The smallest absolute Gasteiger partial charge is 0.336 e. The van der Waals surface area contributed by atoms with Crippen molar-refractivity contribution >= 4 is 34.2 Å². The van der Waals surface area contributed by atoms with Gasteiger partial charge in [-0.3, -0.25) is 4.79 Å². The largest absolute Gasteiger partial charge is 0.484 e. The van der Waals surface area contributed by atoms with Gasteiger partial charge in [0.25, 0.3) is 5.91 Å². The summed E-state index contributed by atoms with van der Waals surface area (Å²) < 4.78 is 10.7. The molecular formula is C19H16ClNO4. The number of hydrogen-bond acceptors (Lipinski definition) is 4. The predicted molar refractivity (Wildman–Crippen MR) is 97.5 cm³/mol. The number of carbonyl (C=O) groups is 1. The monoisotopic (exact) mass is 357 g/mol. The highest BCUT2D eigenvalue weighted by Crippen LogP contribution is 2.22. The summed E-state index contributed by atoms with van der Waals surface area (Å²) in [6, 6.07) is 11.8. The van der Waals surface area contributed by atoms with E-state index in [9.17, 15) is 9.59 Å². The van der Waals surface area contributed by atoms with Crippen LogP contribution in [0.3, 0.4) is 0 Å². The zero-order valence-corrected chi connectivity index (χ0v) is 14.5. The number of amides is 1. The maximum absolute atomic E-state index is 12.1. The van der Waals surface area contributed by atoms with Gasteiger partial charge in [0.1, 0.15) is 11.3 Å². The maximum atomic E-state index is 12.1. The Morgan fingerprint density at radius 2 is 1.92 bits per heavy atom. The number of nitrogens with one attached hydrogen (secondary N) is 1. The number of halogens is 1. The van der Waals surface area contributed by atoms with E-state index in [1.54, 1.807) is 36.4 Å². The second-order valence-electron chi connectivity index (χ2n) is 5.70. The fourth-order valence-corrected chi connectivity index (χ4v) is 2.72. The van der Waals surface area contributed by atoms with Crippen LogP contribution in [-0.2, 0) is 4.79 Å². The van der Waals surface area contributed by atoms with E-state index in [1.165, 1.54) is 6.07 Å². The topological polar surface area (TPSA) is 68.5 Å². The van der Waals surface area contributed by atoms with Gasteiger partial charge in [-0.25, -0.2) is 4.79 Å². The van der Waals surface area contributed by atoms with Crippen molar-refractivity contribution in [3.05, 3.63) is 69.0 Å². The Balaban J connectivity index is 1.69. The average Bonchev–Trinajstić information content (AvgIpc) is 2.55. The summed E-state index contributed by atoms with van der Waals surface area (Å²) in [5.74, 6) is 0.153. The Kier molecular flexibility index (Phi) is 4.76. The van der Waals surface area contributed by atoms with E-state index in [0.29, 0.717) is 22.0 Å². The second kappa shape index (κ2) is 6.99. The standard InChI is InChI=1S/C19H16ClNO4/c1-11-8-19(23)25-17-9-14(4-5-15(11)17)24-10-18(22)21-16-6-3-13(20)7-12(16)2/h3-9H,10H2,1-2H3,(H,21,22). The first-order valence-electron chi connectivity index (χ1n) is 7.66. The van der Waals surface area contributed by atoms with Crippen molar-refractivity contribution in [3.63, 3.8) is 0 Å².